The topological polar surface area (TPSA) is 65.4 Å². The summed E-state index contributed by atoms with van der Waals surface area (Å²) in [5, 5.41) is 7.26. The number of rotatable bonds is 10. The van der Waals surface area contributed by atoms with Crippen molar-refractivity contribution >= 4 is 5.91 Å². The third kappa shape index (κ3) is 5.86. The van der Waals surface area contributed by atoms with E-state index in [1.807, 2.05) is 35.1 Å². The van der Waals surface area contributed by atoms with Gasteiger partial charge < -0.3 is 14.8 Å². The Morgan fingerprint density at radius 1 is 1.10 bits per heavy atom. The van der Waals surface area contributed by atoms with Crippen LogP contribution in [-0.4, -0.2) is 29.4 Å². The van der Waals surface area contributed by atoms with Crippen LogP contribution >= 0.6 is 0 Å². The van der Waals surface area contributed by atoms with Crippen molar-refractivity contribution in [2.75, 3.05) is 13.7 Å². The van der Waals surface area contributed by atoms with Crippen molar-refractivity contribution in [2.24, 2.45) is 5.92 Å². The van der Waals surface area contributed by atoms with Gasteiger partial charge in [0, 0.05) is 24.5 Å². The van der Waals surface area contributed by atoms with Crippen molar-refractivity contribution in [3.63, 3.8) is 0 Å². The van der Waals surface area contributed by atoms with Gasteiger partial charge in [0.25, 0.3) is 5.91 Å². The lowest BCUT2D eigenvalue weighted by Crippen LogP contribution is -2.23. The summed E-state index contributed by atoms with van der Waals surface area (Å²) in [6.07, 6.45) is 4.64. The Hall–Kier alpha value is -3.28. The number of nitrogens with zero attached hydrogens (tertiary/aromatic N) is 2. The fraction of sp³-hybridized carbons (Fsp3) is 0.333. The molecule has 1 aromatic heterocycles. The molecule has 1 amide bonds. The van der Waals surface area contributed by atoms with Crippen LogP contribution in [-0.2, 0) is 13.1 Å². The Morgan fingerprint density at radius 3 is 2.60 bits per heavy atom. The number of carbonyl (C=O) groups is 1. The molecule has 0 saturated heterocycles. The van der Waals surface area contributed by atoms with Crippen LogP contribution < -0.4 is 14.8 Å². The molecule has 0 spiro atoms. The van der Waals surface area contributed by atoms with Crippen molar-refractivity contribution in [3.05, 3.63) is 77.6 Å². The van der Waals surface area contributed by atoms with Gasteiger partial charge in [-0.15, -0.1) is 0 Å². The van der Waals surface area contributed by atoms with Crippen LogP contribution in [0.15, 0.2) is 60.9 Å². The minimum Gasteiger partial charge on any atom is -0.493 e. The van der Waals surface area contributed by atoms with Gasteiger partial charge in [-0.2, -0.15) is 5.10 Å². The maximum absolute atomic E-state index is 12.7. The summed E-state index contributed by atoms with van der Waals surface area (Å²) in [6.45, 7) is 6.02. The zero-order valence-corrected chi connectivity index (χ0v) is 17.8. The minimum absolute atomic E-state index is 0.157. The molecule has 0 aliphatic carbocycles. The second-order valence-corrected chi connectivity index (χ2v) is 7.55. The molecular formula is C24H29N3O3. The third-order valence-corrected chi connectivity index (χ3v) is 4.83. The molecule has 3 rings (SSSR count). The third-order valence-electron chi connectivity index (χ3n) is 4.83. The number of nitrogens with one attached hydrogen (secondary N) is 1. The van der Waals surface area contributed by atoms with E-state index >= 15 is 0 Å². The lowest BCUT2D eigenvalue weighted by Gasteiger charge is -2.14. The van der Waals surface area contributed by atoms with Gasteiger partial charge in [0.15, 0.2) is 11.5 Å². The predicted molar refractivity (Wildman–Crippen MR) is 117 cm³/mol. The molecule has 1 heterocycles. The monoisotopic (exact) mass is 407 g/mol. The molecule has 158 valence electrons. The smallest absolute Gasteiger partial charge is 0.251 e. The molecule has 6 heteroatoms. The molecule has 0 unspecified atom stereocenters. The zero-order chi connectivity index (χ0) is 21.3. The molecule has 6 nitrogen and oxygen atoms in total. The number of carbonyl (C=O) groups excluding carboxylic acids is 1. The van der Waals surface area contributed by atoms with Crippen LogP contribution in [0.4, 0.5) is 0 Å². The Bertz CT molecular complexity index is 952. The highest BCUT2D eigenvalue weighted by Crippen LogP contribution is 2.28. The molecule has 30 heavy (non-hydrogen) atoms. The molecule has 0 bridgehead atoms. The van der Waals surface area contributed by atoms with Gasteiger partial charge in [-0.1, -0.05) is 38.1 Å². The van der Waals surface area contributed by atoms with Crippen LogP contribution in [0.3, 0.4) is 0 Å². The summed E-state index contributed by atoms with van der Waals surface area (Å²) in [6, 6.07) is 15.2. The molecule has 0 saturated carbocycles. The average molecular weight is 408 g/mol. The van der Waals surface area contributed by atoms with E-state index in [1.165, 1.54) is 0 Å². The van der Waals surface area contributed by atoms with Gasteiger partial charge in [-0.3, -0.25) is 9.48 Å². The van der Waals surface area contributed by atoms with E-state index in [0.717, 1.165) is 17.5 Å². The highest BCUT2D eigenvalue weighted by molar-refractivity contribution is 5.94. The number of benzene rings is 2. The van der Waals surface area contributed by atoms with Crippen molar-refractivity contribution in [1.29, 1.82) is 0 Å². The SMILES string of the molecule is COc1cc(C(=O)NCc2ccccc2Cn2cccn2)ccc1OCCC(C)C. The lowest BCUT2D eigenvalue weighted by molar-refractivity contribution is 0.0950. The van der Waals surface area contributed by atoms with E-state index in [9.17, 15) is 4.79 Å². The van der Waals surface area contributed by atoms with Gasteiger partial charge in [0.1, 0.15) is 0 Å². The van der Waals surface area contributed by atoms with Crippen molar-refractivity contribution in [3.8, 4) is 11.5 Å². The van der Waals surface area contributed by atoms with E-state index in [2.05, 4.69) is 30.3 Å². The Kier molecular flexibility index (Phi) is 7.49. The normalized spacial score (nSPS) is 10.8. The van der Waals surface area contributed by atoms with Crippen molar-refractivity contribution in [2.45, 2.75) is 33.4 Å². The van der Waals surface area contributed by atoms with Crippen LogP contribution in [0.2, 0.25) is 0 Å². The van der Waals surface area contributed by atoms with Crippen molar-refractivity contribution in [1.82, 2.24) is 15.1 Å². The van der Waals surface area contributed by atoms with Gasteiger partial charge in [-0.25, -0.2) is 0 Å². The number of ether oxygens (including phenoxy) is 2. The van der Waals surface area contributed by atoms with Crippen LogP contribution in [0.25, 0.3) is 0 Å². The summed E-state index contributed by atoms with van der Waals surface area (Å²) in [5.74, 6) is 1.62. The summed E-state index contributed by atoms with van der Waals surface area (Å²) in [4.78, 5) is 12.7. The standard InChI is InChI=1S/C24H29N3O3/c1-18(2)11-14-30-22-10-9-19(15-23(22)29-3)24(28)25-16-20-7-4-5-8-21(20)17-27-13-6-12-26-27/h4-10,12-13,15,18H,11,14,16-17H2,1-3H3,(H,25,28). The molecule has 0 aliphatic rings. The van der Waals surface area contributed by atoms with Gasteiger partial charge in [-0.05, 0) is 47.7 Å². The second-order valence-electron chi connectivity index (χ2n) is 7.55. The van der Waals surface area contributed by atoms with E-state index in [-0.39, 0.29) is 5.91 Å². The zero-order valence-electron chi connectivity index (χ0n) is 17.8. The highest BCUT2D eigenvalue weighted by Gasteiger charge is 2.12. The number of hydrogen-bond donors (Lipinski definition) is 1. The van der Waals surface area contributed by atoms with Gasteiger partial charge in [0.05, 0.1) is 20.3 Å². The number of aromatic nitrogens is 2. The highest BCUT2D eigenvalue weighted by atomic mass is 16.5. The average Bonchev–Trinajstić information content (AvgIpc) is 3.26. The van der Waals surface area contributed by atoms with E-state index in [4.69, 9.17) is 9.47 Å². The Morgan fingerprint density at radius 2 is 1.90 bits per heavy atom. The fourth-order valence-corrected chi connectivity index (χ4v) is 3.06. The first-order valence-electron chi connectivity index (χ1n) is 10.2. The molecule has 0 fully saturated rings. The molecule has 1 N–H and O–H groups in total. The first-order valence-corrected chi connectivity index (χ1v) is 10.2. The van der Waals surface area contributed by atoms with E-state index < -0.39 is 0 Å². The number of hydrogen-bond acceptors (Lipinski definition) is 4. The Labute approximate surface area is 177 Å². The molecular weight excluding hydrogens is 378 g/mol. The number of amides is 1. The molecule has 2 aromatic carbocycles. The first kappa shape index (κ1) is 21.4. The molecule has 0 aliphatic heterocycles. The summed E-state index contributed by atoms with van der Waals surface area (Å²) >= 11 is 0. The quantitative estimate of drug-likeness (QED) is 0.544. The maximum atomic E-state index is 12.7. The van der Waals surface area contributed by atoms with Crippen LogP contribution in [0.5, 0.6) is 11.5 Å². The number of methoxy groups -OCH3 is 1. The largest absolute Gasteiger partial charge is 0.493 e. The maximum Gasteiger partial charge on any atom is 0.251 e. The second kappa shape index (κ2) is 10.5. The first-order chi connectivity index (χ1) is 14.6. The molecule has 3 aromatic rings. The fourth-order valence-electron chi connectivity index (χ4n) is 3.06. The van der Waals surface area contributed by atoms with Gasteiger partial charge in [0.2, 0.25) is 0 Å². The molecule has 0 radical (unpaired) electrons. The van der Waals surface area contributed by atoms with E-state index in [1.54, 1.807) is 31.5 Å². The van der Waals surface area contributed by atoms with Crippen molar-refractivity contribution < 1.29 is 14.3 Å². The Balaban J connectivity index is 1.64. The lowest BCUT2D eigenvalue weighted by atomic mass is 10.1. The summed E-state index contributed by atoms with van der Waals surface area (Å²) in [5.41, 5.74) is 2.71. The van der Waals surface area contributed by atoms with Crippen LogP contribution in [0, 0.1) is 5.92 Å². The minimum atomic E-state index is -0.157. The molecule has 0 atom stereocenters. The summed E-state index contributed by atoms with van der Waals surface area (Å²) < 4.78 is 13.1. The van der Waals surface area contributed by atoms with Gasteiger partial charge >= 0.3 is 0 Å². The summed E-state index contributed by atoms with van der Waals surface area (Å²) in [7, 11) is 1.58. The predicted octanol–water partition coefficient (Wildman–Crippen LogP) is 4.29. The van der Waals surface area contributed by atoms with Crippen LogP contribution in [0.1, 0.15) is 41.8 Å². The van der Waals surface area contributed by atoms with E-state index in [0.29, 0.717) is 42.7 Å².